The summed E-state index contributed by atoms with van der Waals surface area (Å²) in [7, 11) is 0. The quantitative estimate of drug-likeness (QED) is 0.300. The number of aliphatic hydroxyl groups excluding tert-OH is 1. The summed E-state index contributed by atoms with van der Waals surface area (Å²) < 4.78 is 5.67. The summed E-state index contributed by atoms with van der Waals surface area (Å²) in [5.41, 5.74) is 4.78. The molecule has 3 aromatic rings. The van der Waals surface area contributed by atoms with E-state index in [1.807, 2.05) is 57.2 Å². The van der Waals surface area contributed by atoms with Crippen molar-refractivity contribution in [1.82, 2.24) is 0 Å². The van der Waals surface area contributed by atoms with Crippen LogP contribution in [0.3, 0.4) is 0 Å². The summed E-state index contributed by atoms with van der Waals surface area (Å²) in [6.45, 7) is 12.0. The van der Waals surface area contributed by atoms with Gasteiger partial charge in [0.05, 0.1) is 11.8 Å². The highest BCUT2D eigenvalue weighted by atomic mass is 16.3. The van der Waals surface area contributed by atoms with Crippen molar-refractivity contribution in [3.63, 3.8) is 0 Å². The number of aryl methyl sites for hydroxylation is 2. The molecule has 1 aliphatic rings. The van der Waals surface area contributed by atoms with E-state index in [4.69, 9.17) is 4.42 Å². The fourth-order valence-corrected chi connectivity index (χ4v) is 4.28. The molecule has 0 spiro atoms. The number of Topliss-reactive ketones (excluding diaryl/α,β-unsaturated/α-hetero) is 1. The molecular formula is C28H29NO4. The average Bonchev–Trinajstić information content (AvgIpc) is 3.36. The van der Waals surface area contributed by atoms with Gasteiger partial charge in [0.2, 0.25) is 0 Å². The topological polar surface area (TPSA) is 70.8 Å². The van der Waals surface area contributed by atoms with Crippen molar-refractivity contribution in [2.45, 2.75) is 53.0 Å². The van der Waals surface area contributed by atoms with E-state index in [9.17, 15) is 14.7 Å². The first-order valence-electron chi connectivity index (χ1n) is 11.0. The number of hydrogen-bond acceptors (Lipinski definition) is 4. The second kappa shape index (κ2) is 8.07. The van der Waals surface area contributed by atoms with Gasteiger partial charge in [-0.1, -0.05) is 45.0 Å². The average molecular weight is 444 g/mol. The third kappa shape index (κ3) is 3.78. The van der Waals surface area contributed by atoms with Crippen LogP contribution in [-0.4, -0.2) is 16.8 Å². The van der Waals surface area contributed by atoms with E-state index in [0.29, 0.717) is 17.0 Å². The third-order valence-electron chi connectivity index (χ3n) is 6.45. The minimum Gasteiger partial charge on any atom is -0.507 e. The number of rotatable bonds is 3. The van der Waals surface area contributed by atoms with Gasteiger partial charge in [-0.2, -0.15) is 0 Å². The molecule has 0 radical (unpaired) electrons. The highest BCUT2D eigenvalue weighted by Crippen LogP contribution is 2.44. The molecule has 0 saturated carbocycles. The molecule has 5 nitrogen and oxygen atoms in total. The number of anilines is 1. The zero-order chi connectivity index (χ0) is 24.1. The zero-order valence-corrected chi connectivity index (χ0v) is 19.9. The molecule has 0 aliphatic carbocycles. The number of carbonyl (C=O) groups excluding carboxylic acids is 2. The molecular weight excluding hydrogens is 414 g/mol. The van der Waals surface area contributed by atoms with Gasteiger partial charge in [0.1, 0.15) is 17.6 Å². The predicted octanol–water partition coefficient (Wildman–Crippen LogP) is 6.13. The smallest absolute Gasteiger partial charge is 0.300 e. The summed E-state index contributed by atoms with van der Waals surface area (Å²) in [6, 6.07) is 14.0. The summed E-state index contributed by atoms with van der Waals surface area (Å²) in [5.74, 6) is -1.18. The van der Waals surface area contributed by atoms with Crippen LogP contribution < -0.4 is 4.90 Å². The van der Waals surface area contributed by atoms with Crippen molar-refractivity contribution in [2.24, 2.45) is 0 Å². The highest BCUT2D eigenvalue weighted by Gasteiger charge is 2.48. The summed E-state index contributed by atoms with van der Waals surface area (Å²) >= 11 is 0. The van der Waals surface area contributed by atoms with E-state index in [-0.39, 0.29) is 16.7 Å². The Balaban J connectivity index is 1.98. The van der Waals surface area contributed by atoms with Crippen LogP contribution in [0, 0.1) is 20.8 Å². The van der Waals surface area contributed by atoms with Crippen LogP contribution in [0.15, 0.2) is 64.8 Å². The van der Waals surface area contributed by atoms with Crippen molar-refractivity contribution in [1.29, 1.82) is 0 Å². The van der Waals surface area contributed by atoms with Crippen molar-refractivity contribution in [3.05, 3.63) is 93.9 Å². The molecule has 5 heteroatoms. The lowest BCUT2D eigenvalue weighted by Gasteiger charge is -2.26. The van der Waals surface area contributed by atoms with E-state index < -0.39 is 17.7 Å². The zero-order valence-electron chi connectivity index (χ0n) is 19.9. The molecule has 4 rings (SSSR count). The number of aliphatic hydroxyl groups is 1. The Morgan fingerprint density at radius 1 is 0.970 bits per heavy atom. The van der Waals surface area contributed by atoms with E-state index in [0.717, 1.165) is 22.3 Å². The normalized spacial score (nSPS) is 18.2. The fraction of sp³-hybridized carbons (Fsp3) is 0.286. The number of carbonyl (C=O) groups is 2. The van der Waals surface area contributed by atoms with Crippen LogP contribution in [0.1, 0.15) is 60.4 Å². The SMILES string of the molecule is Cc1ccc(C(C)(C)C)cc1/C(O)=C1\C(=O)C(=O)N(c2cccc(C)c2C)C1c1ccco1. The van der Waals surface area contributed by atoms with Crippen molar-refractivity contribution < 1.29 is 19.1 Å². The maximum Gasteiger partial charge on any atom is 0.300 e. The molecule has 2 heterocycles. The van der Waals surface area contributed by atoms with Crippen LogP contribution in [0.2, 0.25) is 0 Å². The van der Waals surface area contributed by atoms with Crippen molar-refractivity contribution in [3.8, 4) is 0 Å². The first kappa shape index (κ1) is 22.6. The second-order valence-electron chi connectivity index (χ2n) is 9.68. The Kier molecular flexibility index (Phi) is 5.52. The van der Waals surface area contributed by atoms with E-state index in [2.05, 4.69) is 20.8 Å². The van der Waals surface area contributed by atoms with E-state index >= 15 is 0 Å². The molecule has 1 fully saturated rings. The minimum atomic E-state index is -0.863. The summed E-state index contributed by atoms with van der Waals surface area (Å²) in [4.78, 5) is 28.1. The predicted molar refractivity (Wildman–Crippen MR) is 129 cm³/mol. The number of hydrogen-bond donors (Lipinski definition) is 1. The van der Waals surface area contributed by atoms with Crippen molar-refractivity contribution in [2.75, 3.05) is 4.90 Å². The van der Waals surface area contributed by atoms with Gasteiger partial charge < -0.3 is 9.52 Å². The fourth-order valence-electron chi connectivity index (χ4n) is 4.28. The first-order valence-corrected chi connectivity index (χ1v) is 11.0. The van der Waals surface area contributed by atoms with Crippen LogP contribution in [0.25, 0.3) is 5.76 Å². The maximum absolute atomic E-state index is 13.3. The Morgan fingerprint density at radius 3 is 2.33 bits per heavy atom. The van der Waals surface area contributed by atoms with Gasteiger partial charge in [-0.15, -0.1) is 0 Å². The maximum atomic E-state index is 13.3. The molecule has 1 unspecified atom stereocenters. The molecule has 170 valence electrons. The second-order valence-corrected chi connectivity index (χ2v) is 9.68. The van der Waals surface area contributed by atoms with Gasteiger partial charge in [0.15, 0.2) is 0 Å². The monoisotopic (exact) mass is 443 g/mol. The first-order chi connectivity index (χ1) is 15.5. The molecule has 0 bridgehead atoms. The molecule has 1 saturated heterocycles. The largest absolute Gasteiger partial charge is 0.507 e. The number of ketones is 1. The third-order valence-corrected chi connectivity index (χ3v) is 6.45. The minimum absolute atomic E-state index is 0.0324. The Bertz CT molecular complexity index is 1280. The number of amides is 1. The van der Waals surface area contributed by atoms with Gasteiger partial charge in [-0.05, 0) is 72.7 Å². The van der Waals surface area contributed by atoms with Crippen LogP contribution in [-0.2, 0) is 15.0 Å². The highest BCUT2D eigenvalue weighted by molar-refractivity contribution is 6.51. The lowest BCUT2D eigenvalue weighted by Crippen LogP contribution is -2.30. The Morgan fingerprint density at radius 2 is 1.70 bits per heavy atom. The van der Waals surface area contributed by atoms with Gasteiger partial charge in [-0.25, -0.2) is 0 Å². The van der Waals surface area contributed by atoms with Gasteiger partial charge >= 0.3 is 0 Å². The number of nitrogens with zero attached hydrogens (tertiary/aromatic N) is 1. The molecule has 33 heavy (non-hydrogen) atoms. The van der Waals surface area contributed by atoms with Gasteiger partial charge in [0, 0.05) is 11.3 Å². The summed E-state index contributed by atoms with van der Waals surface area (Å²) in [5, 5.41) is 11.5. The number of benzene rings is 2. The van der Waals surface area contributed by atoms with Crippen LogP contribution in [0.5, 0.6) is 0 Å². The van der Waals surface area contributed by atoms with E-state index in [1.165, 1.54) is 11.2 Å². The molecule has 1 aliphatic heterocycles. The Hall–Kier alpha value is -3.60. The van der Waals surface area contributed by atoms with Crippen LogP contribution >= 0.6 is 0 Å². The number of furan rings is 1. The molecule has 2 aromatic carbocycles. The van der Waals surface area contributed by atoms with Crippen LogP contribution in [0.4, 0.5) is 5.69 Å². The molecule has 1 atom stereocenters. The van der Waals surface area contributed by atoms with Gasteiger partial charge in [0.25, 0.3) is 11.7 Å². The lowest BCUT2D eigenvalue weighted by atomic mass is 9.84. The van der Waals surface area contributed by atoms with E-state index in [1.54, 1.807) is 12.1 Å². The molecule has 1 amide bonds. The van der Waals surface area contributed by atoms with Gasteiger partial charge in [-0.3, -0.25) is 14.5 Å². The lowest BCUT2D eigenvalue weighted by molar-refractivity contribution is -0.132. The van der Waals surface area contributed by atoms with Crippen molar-refractivity contribution >= 4 is 23.1 Å². The summed E-state index contributed by atoms with van der Waals surface area (Å²) in [6.07, 6.45) is 1.50. The Labute approximate surface area is 194 Å². The molecule has 1 N–H and O–H groups in total. The molecule has 1 aromatic heterocycles. The standard InChI is InChI=1S/C28H29NO4/c1-16-9-7-10-21(18(16)3)29-24(22-11-8-14-33-22)23(26(31)27(29)32)25(30)20-15-19(28(4,5)6)13-12-17(20)2/h7-15,24,30H,1-6H3/b25-23+.